The van der Waals surface area contributed by atoms with E-state index in [2.05, 4.69) is 27.3 Å². The van der Waals surface area contributed by atoms with Crippen molar-refractivity contribution in [2.24, 2.45) is 0 Å². The second-order valence-electron chi connectivity index (χ2n) is 7.30. The molecule has 0 aliphatic rings. The fraction of sp³-hybridized carbons (Fsp3) is 0.182. The molecule has 4 aromatic rings. The Kier molecular flexibility index (Phi) is 5.36. The minimum Gasteiger partial charge on any atom is -0.507 e. The lowest BCUT2D eigenvalue weighted by molar-refractivity contribution is 0.467. The van der Waals surface area contributed by atoms with E-state index in [4.69, 9.17) is 10.7 Å². The molecular weight excluding hydrogens is 414 g/mol. The van der Waals surface area contributed by atoms with Crippen molar-refractivity contribution in [2.45, 2.75) is 13.8 Å². The molecule has 2 heterocycles. The van der Waals surface area contributed by atoms with E-state index in [-0.39, 0.29) is 0 Å². The zero-order chi connectivity index (χ0) is 21.4. The van der Waals surface area contributed by atoms with Gasteiger partial charge >= 0.3 is 0 Å². The number of aryl methyl sites for hydroxylation is 2. The van der Waals surface area contributed by atoms with Crippen LogP contribution in [0.4, 0.5) is 22.3 Å². The number of hydrogen-bond donors (Lipinski definition) is 3. The molecule has 8 heteroatoms. The molecule has 0 atom stereocenters. The summed E-state index contributed by atoms with van der Waals surface area (Å²) in [5, 5.41) is 16.9. The van der Waals surface area contributed by atoms with Gasteiger partial charge in [0.05, 0.1) is 5.69 Å². The van der Waals surface area contributed by atoms with E-state index in [1.807, 2.05) is 57.6 Å². The van der Waals surface area contributed by atoms with Crippen LogP contribution in [0, 0.1) is 13.8 Å². The first-order valence-electron chi connectivity index (χ1n) is 9.39. The molecular formula is C22H23N5OS2. The van der Waals surface area contributed by atoms with Gasteiger partial charge in [0.25, 0.3) is 0 Å². The Morgan fingerprint density at radius 3 is 2.33 bits per heavy atom. The van der Waals surface area contributed by atoms with E-state index < -0.39 is 0 Å². The molecule has 30 heavy (non-hydrogen) atoms. The largest absolute Gasteiger partial charge is 0.507 e. The van der Waals surface area contributed by atoms with Gasteiger partial charge < -0.3 is 21.1 Å². The lowest BCUT2D eigenvalue weighted by atomic mass is 10.0. The summed E-state index contributed by atoms with van der Waals surface area (Å²) < 4.78 is 0. The average Bonchev–Trinajstić information content (AvgIpc) is 3.33. The summed E-state index contributed by atoms with van der Waals surface area (Å²) in [6.07, 6.45) is 0. The van der Waals surface area contributed by atoms with E-state index in [0.717, 1.165) is 48.8 Å². The number of phenolic OH excluding ortho intramolecular Hbond substituents is 1. The zero-order valence-corrected chi connectivity index (χ0v) is 18.9. The molecule has 0 aliphatic heterocycles. The highest BCUT2D eigenvalue weighted by atomic mass is 32.1. The number of thiazole rings is 2. The van der Waals surface area contributed by atoms with Gasteiger partial charge in [0.1, 0.15) is 21.5 Å². The number of benzene rings is 2. The summed E-state index contributed by atoms with van der Waals surface area (Å²) in [6.45, 7) is 3.78. The molecule has 4 N–H and O–H groups in total. The molecule has 4 rings (SSSR count). The molecule has 0 saturated carbocycles. The molecule has 154 valence electrons. The lowest BCUT2D eigenvalue weighted by Gasteiger charge is -2.12. The normalized spacial score (nSPS) is 10.9. The lowest BCUT2D eigenvalue weighted by Crippen LogP contribution is -2.08. The minimum absolute atomic E-state index is 0.329. The number of aromatic hydroxyl groups is 1. The Morgan fingerprint density at radius 2 is 1.70 bits per heavy atom. The van der Waals surface area contributed by atoms with Gasteiger partial charge in [-0.05, 0) is 61.4 Å². The number of nitrogens with zero attached hydrogens (tertiary/aromatic N) is 3. The van der Waals surface area contributed by atoms with Crippen LogP contribution >= 0.6 is 22.7 Å². The molecule has 2 aromatic carbocycles. The third-order valence-electron chi connectivity index (χ3n) is 4.77. The van der Waals surface area contributed by atoms with Crippen LogP contribution in [-0.4, -0.2) is 29.2 Å². The minimum atomic E-state index is 0.329. The maximum atomic E-state index is 10.0. The number of anilines is 4. The van der Waals surface area contributed by atoms with Crippen LogP contribution < -0.4 is 16.0 Å². The number of nitrogens with two attached hydrogens (primary N) is 1. The number of nitrogen functional groups attached to an aromatic ring is 1. The number of rotatable bonds is 5. The van der Waals surface area contributed by atoms with E-state index in [9.17, 15) is 5.11 Å². The third kappa shape index (κ3) is 3.96. The molecule has 6 nitrogen and oxygen atoms in total. The van der Waals surface area contributed by atoms with Gasteiger partial charge in [0.15, 0.2) is 5.13 Å². The summed E-state index contributed by atoms with van der Waals surface area (Å²) in [5.41, 5.74) is 11.8. The molecule has 0 saturated heterocycles. The van der Waals surface area contributed by atoms with Crippen molar-refractivity contribution in [1.29, 1.82) is 0 Å². The Bertz CT molecular complexity index is 1170. The predicted octanol–water partition coefficient (Wildman–Crippen LogP) is 5.65. The quantitative estimate of drug-likeness (QED) is 0.374. The summed E-state index contributed by atoms with van der Waals surface area (Å²) >= 11 is 3.02. The highest BCUT2D eigenvalue weighted by molar-refractivity contribution is 7.23. The van der Waals surface area contributed by atoms with Gasteiger partial charge in [0, 0.05) is 36.4 Å². The highest BCUT2D eigenvalue weighted by Crippen LogP contribution is 2.39. The second kappa shape index (κ2) is 7.97. The van der Waals surface area contributed by atoms with Crippen molar-refractivity contribution < 1.29 is 5.11 Å². The number of aromatic nitrogens is 2. The molecule has 0 amide bonds. The van der Waals surface area contributed by atoms with Crippen LogP contribution in [0.2, 0.25) is 0 Å². The number of nitrogens with one attached hydrogen (secondary N) is 1. The van der Waals surface area contributed by atoms with Crippen molar-refractivity contribution in [3.05, 3.63) is 52.9 Å². The zero-order valence-electron chi connectivity index (χ0n) is 17.2. The van der Waals surface area contributed by atoms with Crippen molar-refractivity contribution in [2.75, 3.05) is 30.0 Å². The van der Waals surface area contributed by atoms with Crippen molar-refractivity contribution >= 4 is 45.0 Å². The number of hydrogen-bond acceptors (Lipinski definition) is 8. The molecule has 0 fully saturated rings. The summed E-state index contributed by atoms with van der Waals surface area (Å²) in [5.74, 6) is 0.793. The summed E-state index contributed by atoms with van der Waals surface area (Å²) in [4.78, 5) is 12.1. The van der Waals surface area contributed by atoms with E-state index in [1.165, 1.54) is 22.7 Å². The first-order chi connectivity index (χ1) is 14.3. The van der Waals surface area contributed by atoms with E-state index in [1.54, 1.807) is 0 Å². The Labute approximate surface area is 183 Å². The van der Waals surface area contributed by atoms with Crippen molar-refractivity contribution in [3.63, 3.8) is 0 Å². The maximum absolute atomic E-state index is 10.0. The van der Waals surface area contributed by atoms with Crippen LogP contribution in [-0.2, 0) is 0 Å². The fourth-order valence-electron chi connectivity index (χ4n) is 3.12. The second-order valence-corrected chi connectivity index (χ2v) is 9.15. The SMILES string of the molecule is Cc1cc(-c2csc(-c3sc(Nc4ccc(N(C)C)cc4)nc3N)n2)cc(C)c1O. The standard InChI is InChI=1S/C22H23N5OS2/c1-12-9-14(10-13(2)18(12)28)17-11-29-21(25-17)19-20(23)26-22(30-19)24-15-5-7-16(8-6-15)27(3)4/h5-11,28H,23H2,1-4H3,(H,24,26). The predicted molar refractivity (Wildman–Crippen MR) is 128 cm³/mol. The molecule has 0 unspecified atom stereocenters. The maximum Gasteiger partial charge on any atom is 0.189 e. The first-order valence-corrected chi connectivity index (χ1v) is 11.1. The van der Waals surface area contributed by atoms with Crippen LogP contribution in [0.25, 0.3) is 21.1 Å². The Hall–Kier alpha value is -3.10. The van der Waals surface area contributed by atoms with E-state index >= 15 is 0 Å². The van der Waals surface area contributed by atoms with Gasteiger partial charge in [-0.25, -0.2) is 9.97 Å². The number of phenols is 1. The van der Waals surface area contributed by atoms with Crippen molar-refractivity contribution in [3.8, 4) is 26.9 Å². The average molecular weight is 438 g/mol. The Balaban J connectivity index is 1.58. The van der Waals surface area contributed by atoms with Gasteiger partial charge in [0.2, 0.25) is 0 Å². The first kappa shape index (κ1) is 20.2. The van der Waals surface area contributed by atoms with Gasteiger partial charge in [-0.15, -0.1) is 11.3 Å². The topological polar surface area (TPSA) is 87.3 Å². The van der Waals surface area contributed by atoms with Crippen LogP contribution in [0.15, 0.2) is 41.8 Å². The van der Waals surface area contributed by atoms with Crippen LogP contribution in [0.5, 0.6) is 5.75 Å². The summed E-state index contributed by atoms with van der Waals surface area (Å²) in [7, 11) is 4.03. The molecule has 0 aliphatic carbocycles. The molecule has 0 spiro atoms. The van der Waals surface area contributed by atoms with Crippen LogP contribution in [0.3, 0.4) is 0 Å². The summed E-state index contributed by atoms with van der Waals surface area (Å²) in [6, 6.07) is 12.0. The monoisotopic (exact) mass is 437 g/mol. The molecule has 0 bridgehead atoms. The highest BCUT2D eigenvalue weighted by Gasteiger charge is 2.16. The van der Waals surface area contributed by atoms with Gasteiger partial charge in [-0.1, -0.05) is 11.3 Å². The molecule has 2 aromatic heterocycles. The van der Waals surface area contributed by atoms with Crippen LogP contribution in [0.1, 0.15) is 11.1 Å². The van der Waals surface area contributed by atoms with Gasteiger partial charge in [-0.3, -0.25) is 0 Å². The fourth-order valence-corrected chi connectivity index (χ4v) is 4.95. The van der Waals surface area contributed by atoms with Crippen molar-refractivity contribution in [1.82, 2.24) is 9.97 Å². The smallest absolute Gasteiger partial charge is 0.189 e. The van der Waals surface area contributed by atoms with E-state index in [0.29, 0.717) is 11.6 Å². The molecule has 0 radical (unpaired) electrons. The third-order valence-corrected chi connectivity index (χ3v) is 6.76. The van der Waals surface area contributed by atoms with Gasteiger partial charge in [-0.2, -0.15) is 0 Å². The Morgan fingerprint density at radius 1 is 1.03 bits per heavy atom.